The monoisotopic (exact) mass is 305 g/mol. The highest BCUT2D eigenvalue weighted by Gasteiger charge is 2.14. The number of nitrogens with one attached hydrogen (secondary N) is 1. The maximum atomic E-state index is 12.3. The van der Waals surface area contributed by atoms with Crippen LogP contribution in [0.3, 0.4) is 0 Å². The molecule has 0 saturated carbocycles. The van der Waals surface area contributed by atoms with Crippen LogP contribution in [0.5, 0.6) is 0 Å². The first-order chi connectivity index (χ1) is 10.1. The van der Waals surface area contributed by atoms with Gasteiger partial charge in [0.1, 0.15) is 0 Å². The highest BCUT2D eigenvalue weighted by atomic mass is 32.2. The van der Waals surface area contributed by atoms with E-state index < -0.39 is 10.0 Å². The maximum Gasteiger partial charge on any atom is 0.240 e. The van der Waals surface area contributed by atoms with Gasteiger partial charge in [-0.3, -0.25) is 0 Å². The predicted molar refractivity (Wildman–Crippen MR) is 82.2 cm³/mol. The fourth-order valence-electron chi connectivity index (χ4n) is 2.14. The highest BCUT2D eigenvalue weighted by molar-refractivity contribution is 7.89. The minimum atomic E-state index is -3.58. The van der Waals surface area contributed by atoms with Crippen LogP contribution in [-0.4, -0.2) is 13.5 Å². The maximum absolute atomic E-state index is 12.3. The van der Waals surface area contributed by atoms with E-state index in [1.165, 1.54) is 12.1 Å². The van der Waals surface area contributed by atoms with Gasteiger partial charge in [0.05, 0.1) is 11.5 Å². The first-order valence-electron chi connectivity index (χ1n) is 6.83. The molecule has 4 nitrogen and oxygen atoms in total. The molecule has 0 radical (unpaired) electrons. The van der Waals surface area contributed by atoms with Gasteiger partial charge in [-0.1, -0.05) is 43.3 Å². The molecule has 0 bridgehead atoms. The Bertz CT molecular complexity index is 711. The molecular formula is C16H19NO3S. The summed E-state index contributed by atoms with van der Waals surface area (Å²) in [7, 11) is -3.58. The highest BCUT2D eigenvalue weighted by Crippen LogP contribution is 2.14. The van der Waals surface area contributed by atoms with Gasteiger partial charge in [0, 0.05) is 6.54 Å². The van der Waals surface area contributed by atoms with Gasteiger partial charge < -0.3 is 5.11 Å². The summed E-state index contributed by atoms with van der Waals surface area (Å²) in [5.74, 6) is 0. The Kier molecular flexibility index (Phi) is 5.12. The predicted octanol–water partition coefficient (Wildman–Crippen LogP) is 2.22. The van der Waals surface area contributed by atoms with Crippen LogP contribution in [0.15, 0.2) is 53.4 Å². The Morgan fingerprint density at radius 3 is 2.43 bits per heavy atom. The molecular weight excluding hydrogens is 286 g/mol. The van der Waals surface area contributed by atoms with Crippen molar-refractivity contribution in [3.05, 3.63) is 65.2 Å². The van der Waals surface area contributed by atoms with E-state index in [-0.39, 0.29) is 18.0 Å². The van der Waals surface area contributed by atoms with E-state index in [0.717, 1.165) is 17.5 Å². The third kappa shape index (κ3) is 3.91. The molecule has 0 fully saturated rings. The normalized spacial score (nSPS) is 11.5. The molecule has 21 heavy (non-hydrogen) atoms. The van der Waals surface area contributed by atoms with Crippen molar-refractivity contribution in [2.24, 2.45) is 0 Å². The van der Waals surface area contributed by atoms with E-state index in [1.807, 2.05) is 31.2 Å². The van der Waals surface area contributed by atoms with Crippen molar-refractivity contribution in [2.75, 3.05) is 0 Å². The van der Waals surface area contributed by atoms with Gasteiger partial charge >= 0.3 is 0 Å². The molecule has 0 aliphatic heterocycles. The zero-order valence-corrected chi connectivity index (χ0v) is 12.7. The quantitative estimate of drug-likeness (QED) is 0.860. The number of hydrogen-bond acceptors (Lipinski definition) is 3. The van der Waals surface area contributed by atoms with Crippen molar-refractivity contribution >= 4 is 10.0 Å². The average Bonchev–Trinajstić information content (AvgIpc) is 2.53. The van der Waals surface area contributed by atoms with Gasteiger partial charge in [-0.05, 0) is 35.2 Å². The fraction of sp³-hybridized carbons (Fsp3) is 0.250. The minimum absolute atomic E-state index is 0.169. The first kappa shape index (κ1) is 15.7. The smallest absolute Gasteiger partial charge is 0.240 e. The second-order valence-electron chi connectivity index (χ2n) is 4.75. The lowest BCUT2D eigenvalue weighted by atomic mass is 10.1. The number of benzene rings is 2. The molecule has 0 aliphatic rings. The zero-order valence-electron chi connectivity index (χ0n) is 11.9. The molecule has 112 valence electrons. The Balaban J connectivity index is 2.18. The van der Waals surface area contributed by atoms with Crippen LogP contribution in [0.2, 0.25) is 0 Å². The fourth-order valence-corrected chi connectivity index (χ4v) is 3.22. The van der Waals surface area contributed by atoms with Crippen molar-refractivity contribution in [3.63, 3.8) is 0 Å². The van der Waals surface area contributed by atoms with Crippen molar-refractivity contribution < 1.29 is 13.5 Å². The molecule has 2 aromatic rings. The molecule has 2 rings (SSSR count). The Morgan fingerprint density at radius 1 is 1.05 bits per heavy atom. The number of hydrogen-bond donors (Lipinski definition) is 2. The first-order valence-corrected chi connectivity index (χ1v) is 8.31. The second-order valence-corrected chi connectivity index (χ2v) is 6.52. The number of aryl methyl sites for hydroxylation is 1. The summed E-state index contributed by atoms with van der Waals surface area (Å²) in [6.45, 7) is 2.12. The van der Waals surface area contributed by atoms with E-state index in [4.69, 9.17) is 5.11 Å². The molecule has 0 spiro atoms. The summed E-state index contributed by atoms with van der Waals surface area (Å²) < 4.78 is 27.2. The van der Waals surface area contributed by atoms with Crippen molar-refractivity contribution in [3.8, 4) is 0 Å². The van der Waals surface area contributed by atoms with Crippen LogP contribution in [0.25, 0.3) is 0 Å². The molecule has 0 aliphatic carbocycles. The van der Waals surface area contributed by atoms with Crippen molar-refractivity contribution in [1.82, 2.24) is 4.72 Å². The molecule has 0 heterocycles. The Hall–Kier alpha value is -1.69. The molecule has 0 unspecified atom stereocenters. The van der Waals surface area contributed by atoms with E-state index in [1.54, 1.807) is 12.1 Å². The molecule has 0 aromatic heterocycles. The number of aliphatic hydroxyl groups is 1. The van der Waals surface area contributed by atoms with Crippen molar-refractivity contribution in [2.45, 2.75) is 31.4 Å². The molecule has 5 heteroatoms. The molecule has 2 N–H and O–H groups in total. The number of rotatable bonds is 6. The number of aliphatic hydroxyl groups excluding tert-OH is 1. The lowest BCUT2D eigenvalue weighted by Crippen LogP contribution is -2.23. The molecule has 2 aromatic carbocycles. The molecule has 0 saturated heterocycles. The zero-order chi connectivity index (χ0) is 15.3. The average molecular weight is 305 g/mol. The summed E-state index contributed by atoms with van der Waals surface area (Å²) in [5.41, 5.74) is 2.68. The van der Waals surface area contributed by atoms with Crippen LogP contribution < -0.4 is 4.72 Å². The lowest BCUT2D eigenvalue weighted by molar-refractivity contribution is 0.281. The summed E-state index contributed by atoms with van der Waals surface area (Å²) in [6.07, 6.45) is 0.859. The lowest BCUT2D eigenvalue weighted by Gasteiger charge is -2.10. The SMILES string of the molecule is CCc1ccccc1CNS(=O)(=O)c1cccc(CO)c1. The standard InChI is InChI=1S/C16H19NO3S/c1-2-14-7-3-4-8-15(14)11-17-21(19,20)16-9-5-6-13(10-16)12-18/h3-10,17-18H,2,11-12H2,1H3. The van der Waals surface area contributed by atoms with E-state index in [0.29, 0.717) is 5.56 Å². The third-order valence-corrected chi connectivity index (χ3v) is 4.74. The Labute approximate surface area is 125 Å². The summed E-state index contributed by atoms with van der Waals surface area (Å²) in [4.78, 5) is 0.169. The summed E-state index contributed by atoms with van der Waals surface area (Å²) in [6, 6.07) is 14.1. The van der Waals surface area contributed by atoms with Crippen molar-refractivity contribution in [1.29, 1.82) is 0 Å². The van der Waals surface area contributed by atoms with Gasteiger partial charge in [-0.25, -0.2) is 13.1 Å². The third-order valence-electron chi connectivity index (χ3n) is 3.34. The van der Waals surface area contributed by atoms with Gasteiger partial charge in [0.15, 0.2) is 0 Å². The Morgan fingerprint density at radius 2 is 1.76 bits per heavy atom. The van der Waals surface area contributed by atoms with Gasteiger partial charge in [-0.2, -0.15) is 0 Å². The van der Waals surface area contributed by atoms with Crippen LogP contribution in [0, 0.1) is 0 Å². The van der Waals surface area contributed by atoms with Gasteiger partial charge in [-0.15, -0.1) is 0 Å². The largest absolute Gasteiger partial charge is 0.392 e. The van der Waals surface area contributed by atoms with Gasteiger partial charge in [0.25, 0.3) is 0 Å². The summed E-state index contributed by atoms with van der Waals surface area (Å²) in [5, 5.41) is 9.09. The van der Waals surface area contributed by atoms with E-state index in [9.17, 15) is 8.42 Å². The molecule has 0 atom stereocenters. The van der Waals surface area contributed by atoms with Gasteiger partial charge in [0.2, 0.25) is 10.0 Å². The van der Waals surface area contributed by atoms with Crippen LogP contribution in [0.1, 0.15) is 23.6 Å². The van der Waals surface area contributed by atoms with Crippen LogP contribution in [-0.2, 0) is 29.6 Å². The van der Waals surface area contributed by atoms with E-state index >= 15 is 0 Å². The van der Waals surface area contributed by atoms with Crippen LogP contribution >= 0.6 is 0 Å². The molecule has 0 amide bonds. The summed E-state index contributed by atoms with van der Waals surface area (Å²) >= 11 is 0. The minimum Gasteiger partial charge on any atom is -0.392 e. The number of sulfonamides is 1. The van der Waals surface area contributed by atoms with Crippen LogP contribution in [0.4, 0.5) is 0 Å². The van der Waals surface area contributed by atoms with E-state index in [2.05, 4.69) is 4.72 Å². The topological polar surface area (TPSA) is 66.4 Å². The second kappa shape index (κ2) is 6.85.